The Bertz CT molecular complexity index is 636. The van der Waals surface area contributed by atoms with E-state index in [4.69, 9.17) is 4.74 Å². The summed E-state index contributed by atoms with van der Waals surface area (Å²) in [6.07, 6.45) is 5.14. The fourth-order valence-electron chi connectivity index (χ4n) is 2.83. The van der Waals surface area contributed by atoms with Crippen LogP contribution >= 0.6 is 0 Å². The monoisotopic (exact) mass is 317 g/mol. The number of benzene rings is 1. The molecule has 1 fully saturated rings. The van der Waals surface area contributed by atoms with Gasteiger partial charge in [-0.2, -0.15) is 5.10 Å². The van der Waals surface area contributed by atoms with Gasteiger partial charge in [-0.3, -0.25) is 9.48 Å². The van der Waals surface area contributed by atoms with Crippen LogP contribution in [0.25, 0.3) is 0 Å². The summed E-state index contributed by atoms with van der Waals surface area (Å²) in [4.78, 5) is 12.5. The number of hydrogen-bond donors (Lipinski definition) is 1. The molecule has 0 spiro atoms. The van der Waals surface area contributed by atoms with Crippen LogP contribution in [0.1, 0.15) is 37.4 Å². The molecule has 122 valence electrons. The Morgan fingerprint density at radius 2 is 2.22 bits per heavy atom. The summed E-state index contributed by atoms with van der Waals surface area (Å²) in [6, 6.07) is 7.27. The van der Waals surface area contributed by atoms with Crippen molar-refractivity contribution in [3.63, 3.8) is 0 Å². The first-order valence-electron chi connectivity index (χ1n) is 7.82. The molecule has 0 radical (unpaired) electrons. The molecule has 1 saturated heterocycles. The third kappa shape index (κ3) is 3.59. The Morgan fingerprint density at radius 1 is 1.43 bits per heavy atom. The summed E-state index contributed by atoms with van der Waals surface area (Å²) < 4.78 is 20.5. The second-order valence-electron chi connectivity index (χ2n) is 5.75. The molecule has 2 heterocycles. The third-order valence-electron chi connectivity index (χ3n) is 4.16. The lowest BCUT2D eigenvalue weighted by atomic mass is 9.99. The van der Waals surface area contributed by atoms with Gasteiger partial charge in [-0.05, 0) is 43.5 Å². The molecule has 0 aliphatic carbocycles. The number of rotatable bonds is 5. The summed E-state index contributed by atoms with van der Waals surface area (Å²) >= 11 is 0. The van der Waals surface area contributed by atoms with E-state index in [0.29, 0.717) is 6.61 Å². The number of nitrogens with one attached hydrogen (secondary N) is 1. The van der Waals surface area contributed by atoms with Crippen molar-refractivity contribution in [3.8, 4) is 0 Å². The van der Waals surface area contributed by atoms with E-state index in [1.54, 1.807) is 42.2 Å². The van der Waals surface area contributed by atoms with Crippen molar-refractivity contribution in [3.05, 3.63) is 54.1 Å². The van der Waals surface area contributed by atoms with Crippen LogP contribution in [0, 0.1) is 5.82 Å². The van der Waals surface area contributed by atoms with E-state index in [-0.39, 0.29) is 23.9 Å². The molecule has 1 amide bonds. The van der Waals surface area contributed by atoms with Gasteiger partial charge in [-0.25, -0.2) is 4.39 Å². The SMILES string of the molecule is CC(C(=O)NC(c1ccc(F)cc1)C1CCCO1)n1cccn1. The van der Waals surface area contributed by atoms with Crippen molar-refractivity contribution in [2.75, 3.05) is 6.61 Å². The predicted molar refractivity (Wildman–Crippen MR) is 83.2 cm³/mol. The van der Waals surface area contributed by atoms with Crippen LogP contribution in [0.2, 0.25) is 0 Å². The smallest absolute Gasteiger partial charge is 0.245 e. The number of carbonyl (C=O) groups excluding carboxylic acids is 1. The quantitative estimate of drug-likeness (QED) is 0.922. The minimum Gasteiger partial charge on any atom is -0.376 e. The van der Waals surface area contributed by atoms with Gasteiger partial charge in [-0.15, -0.1) is 0 Å². The van der Waals surface area contributed by atoms with Crippen molar-refractivity contribution in [1.29, 1.82) is 0 Å². The van der Waals surface area contributed by atoms with Gasteiger partial charge in [0.15, 0.2) is 0 Å². The van der Waals surface area contributed by atoms with Gasteiger partial charge >= 0.3 is 0 Å². The number of halogens is 1. The lowest BCUT2D eigenvalue weighted by Crippen LogP contribution is -2.39. The standard InChI is InChI=1S/C17H20FN3O2/c1-12(21-10-3-9-19-21)17(22)20-16(15-4-2-11-23-15)13-5-7-14(18)8-6-13/h3,5-10,12,15-16H,2,4,11H2,1H3,(H,20,22). The number of hydrogen-bond acceptors (Lipinski definition) is 3. The molecule has 3 rings (SSSR count). The molecular formula is C17H20FN3O2. The van der Waals surface area contributed by atoms with Crippen molar-refractivity contribution >= 4 is 5.91 Å². The summed E-state index contributed by atoms with van der Waals surface area (Å²) in [5.74, 6) is -0.436. The zero-order valence-electron chi connectivity index (χ0n) is 13.0. The van der Waals surface area contributed by atoms with Gasteiger partial charge in [0.2, 0.25) is 5.91 Å². The molecule has 1 aliphatic rings. The molecule has 23 heavy (non-hydrogen) atoms. The summed E-state index contributed by atoms with van der Waals surface area (Å²) in [5, 5.41) is 7.14. The Kier molecular flexibility index (Phi) is 4.71. The lowest BCUT2D eigenvalue weighted by molar-refractivity contribution is -0.125. The third-order valence-corrected chi connectivity index (χ3v) is 4.16. The van der Waals surface area contributed by atoms with Gasteiger partial charge in [0.05, 0.1) is 12.1 Å². The normalized spacial score (nSPS) is 20.2. The first kappa shape index (κ1) is 15.7. The highest BCUT2D eigenvalue weighted by Gasteiger charge is 2.30. The Morgan fingerprint density at radius 3 is 2.83 bits per heavy atom. The lowest BCUT2D eigenvalue weighted by Gasteiger charge is -2.26. The van der Waals surface area contributed by atoms with Gasteiger partial charge < -0.3 is 10.1 Å². The van der Waals surface area contributed by atoms with Crippen LogP contribution in [0.5, 0.6) is 0 Å². The summed E-state index contributed by atoms with van der Waals surface area (Å²) in [6.45, 7) is 2.48. The van der Waals surface area contributed by atoms with Crippen molar-refractivity contribution in [2.24, 2.45) is 0 Å². The fraction of sp³-hybridized carbons (Fsp3) is 0.412. The van der Waals surface area contributed by atoms with Crippen LogP contribution in [-0.4, -0.2) is 28.4 Å². The Hall–Kier alpha value is -2.21. The van der Waals surface area contributed by atoms with E-state index in [1.807, 2.05) is 0 Å². The molecule has 5 nitrogen and oxygen atoms in total. The van der Waals surface area contributed by atoms with E-state index in [0.717, 1.165) is 18.4 Å². The molecule has 3 atom stereocenters. The van der Waals surface area contributed by atoms with E-state index >= 15 is 0 Å². The number of nitrogens with zero attached hydrogens (tertiary/aromatic N) is 2. The van der Waals surface area contributed by atoms with Crippen LogP contribution in [0.4, 0.5) is 4.39 Å². The van der Waals surface area contributed by atoms with Crippen LogP contribution in [-0.2, 0) is 9.53 Å². The van der Waals surface area contributed by atoms with E-state index in [1.165, 1.54) is 12.1 Å². The molecule has 1 aromatic heterocycles. The van der Waals surface area contributed by atoms with E-state index in [9.17, 15) is 9.18 Å². The number of ether oxygens (including phenoxy) is 1. The van der Waals surface area contributed by atoms with E-state index in [2.05, 4.69) is 10.4 Å². The Labute approximate surface area is 134 Å². The summed E-state index contributed by atoms with van der Waals surface area (Å²) in [5.41, 5.74) is 0.847. The molecule has 0 saturated carbocycles. The van der Waals surface area contributed by atoms with Crippen molar-refractivity contribution in [1.82, 2.24) is 15.1 Å². The fourth-order valence-corrected chi connectivity index (χ4v) is 2.83. The molecule has 3 unspecified atom stereocenters. The average Bonchev–Trinajstić information content (AvgIpc) is 3.26. The second-order valence-corrected chi connectivity index (χ2v) is 5.75. The van der Waals surface area contributed by atoms with Crippen molar-refractivity contribution < 1.29 is 13.9 Å². The van der Waals surface area contributed by atoms with Gasteiger partial charge in [-0.1, -0.05) is 12.1 Å². The highest BCUT2D eigenvalue weighted by molar-refractivity contribution is 5.80. The minimum atomic E-state index is -0.422. The summed E-state index contributed by atoms with van der Waals surface area (Å²) in [7, 11) is 0. The molecule has 6 heteroatoms. The largest absolute Gasteiger partial charge is 0.376 e. The highest BCUT2D eigenvalue weighted by atomic mass is 19.1. The van der Waals surface area contributed by atoms with Crippen LogP contribution < -0.4 is 5.32 Å². The maximum absolute atomic E-state index is 13.2. The molecule has 0 bridgehead atoms. The zero-order chi connectivity index (χ0) is 16.2. The average molecular weight is 317 g/mol. The van der Waals surface area contributed by atoms with Gasteiger partial charge in [0.25, 0.3) is 0 Å². The van der Waals surface area contributed by atoms with Crippen LogP contribution in [0.15, 0.2) is 42.7 Å². The highest BCUT2D eigenvalue weighted by Crippen LogP contribution is 2.27. The molecule has 2 aromatic rings. The Balaban J connectivity index is 1.78. The first-order valence-corrected chi connectivity index (χ1v) is 7.82. The van der Waals surface area contributed by atoms with Gasteiger partial charge in [0.1, 0.15) is 11.9 Å². The minimum absolute atomic E-state index is 0.0887. The molecular weight excluding hydrogens is 297 g/mol. The van der Waals surface area contributed by atoms with Gasteiger partial charge in [0, 0.05) is 19.0 Å². The van der Waals surface area contributed by atoms with Crippen LogP contribution in [0.3, 0.4) is 0 Å². The maximum Gasteiger partial charge on any atom is 0.245 e. The zero-order valence-corrected chi connectivity index (χ0v) is 13.0. The topological polar surface area (TPSA) is 56.1 Å². The number of carbonyl (C=O) groups is 1. The second kappa shape index (κ2) is 6.91. The van der Waals surface area contributed by atoms with Crippen molar-refractivity contribution in [2.45, 2.75) is 38.0 Å². The molecule has 1 aliphatic heterocycles. The number of aromatic nitrogens is 2. The molecule has 1 N–H and O–H groups in total. The number of amides is 1. The predicted octanol–water partition coefficient (Wildman–Crippen LogP) is 2.62. The molecule has 1 aromatic carbocycles. The van der Waals surface area contributed by atoms with E-state index < -0.39 is 6.04 Å². The first-order chi connectivity index (χ1) is 11.1. The maximum atomic E-state index is 13.2.